The highest BCUT2D eigenvalue weighted by Crippen LogP contribution is 2.35. The Hall–Kier alpha value is -2.42. The van der Waals surface area contributed by atoms with Crippen molar-refractivity contribution in [2.45, 2.75) is 45.1 Å². The minimum atomic E-state index is -0.0571. The molecule has 5 rings (SSSR count). The Morgan fingerprint density at radius 3 is 2.90 bits per heavy atom. The Morgan fingerprint density at radius 2 is 2.00 bits per heavy atom. The largest absolute Gasteiger partial charge is 0.488 e. The van der Waals surface area contributed by atoms with Gasteiger partial charge in [-0.15, -0.1) is 0 Å². The Bertz CT molecular complexity index is 992. The molecule has 2 aliphatic rings. The quantitative estimate of drug-likeness (QED) is 0.610. The van der Waals surface area contributed by atoms with Crippen LogP contribution in [0, 0.1) is 0 Å². The van der Waals surface area contributed by atoms with Crippen molar-refractivity contribution in [3.8, 4) is 17.0 Å². The smallest absolute Gasteiger partial charge is 0.150 e. The van der Waals surface area contributed by atoms with E-state index in [0.717, 1.165) is 53.8 Å². The fourth-order valence-corrected chi connectivity index (χ4v) is 4.04. The molecule has 0 aliphatic carbocycles. The first kappa shape index (κ1) is 19.5. The number of benzene rings is 1. The molecule has 8 heteroatoms. The van der Waals surface area contributed by atoms with Crippen LogP contribution in [-0.4, -0.2) is 58.7 Å². The van der Waals surface area contributed by atoms with Crippen molar-refractivity contribution in [3.05, 3.63) is 30.6 Å². The third-order valence-electron chi connectivity index (χ3n) is 5.54. The lowest BCUT2D eigenvalue weighted by atomic mass is 10.1. The van der Waals surface area contributed by atoms with E-state index < -0.39 is 0 Å². The second kappa shape index (κ2) is 8.75. The molecule has 1 unspecified atom stereocenters. The Morgan fingerprint density at radius 1 is 1.07 bits per heavy atom. The lowest BCUT2D eigenvalue weighted by Crippen LogP contribution is -2.21. The second-order valence-corrected chi connectivity index (χ2v) is 7.90. The molecule has 1 fully saturated rings. The summed E-state index contributed by atoms with van der Waals surface area (Å²) < 4.78 is 27.4. The average Bonchev–Trinajstić information content (AvgIpc) is 3.37. The van der Waals surface area contributed by atoms with E-state index in [4.69, 9.17) is 24.0 Å². The molecule has 0 saturated carbocycles. The SMILES string of the molecule is C[C@@H]1COCCOCCn2cc(cn2)-c2nn(C3CCCCO3)c3ccc(cc23)O1. The molecule has 2 aliphatic heterocycles. The minimum absolute atomic E-state index is 0.0355. The summed E-state index contributed by atoms with van der Waals surface area (Å²) in [5, 5.41) is 10.5. The predicted molar refractivity (Wildman–Crippen MR) is 112 cm³/mol. The fraction of sp³-hybridized carbons (Fsp3) is 0.545. The van der Waals surface area contributed by atoms with Gasteiger partial charge < -0.3 is 18.9 Å². The van der Waals surface area contributed by atoms with Gasteiger partial charge in [0.05, 0.1) is 44.7 Å². The van der Waals surface area contributed by atoms with Crippen LogP contribution < -0.4 is 4.74 Å². The summed E-state index contributed by atoms with van der Waals surface area (Å²) in [5.41, 5.74) is 2.92. The number of nitrogens with zero attached hydrogens (tertiary/aromatic N) is 4. The molecule has 2 atom stereocenters. The zero-order valence-corrected chi connectivity index (χ0v) is 17.3. The lowest BCUT2D eigenvalue weighted by molar-refractivity contribution is -0.0365. The van der Waals surface area contributed by atoms with Crippen LogP contribution in [0.1, 0.15) is 32.4 Å². The van der Waals surface area contributed by atoms with Gasteiger partial charge in [-0.1, -0.05) is 0 Å². The van der Waals surface area contributed by atoms with E-state index >= 15 is 0 Å². The molecule has 0 amide bonds. The number of aromatic nitrogens is 4. The van der Waals surface area contributed by atoms with E-state index in [9.17, 15) is 0 Å². The van der Waals surface area contributed by atoms with Crippen LogP contribution >= 0.6 is 0 Å². The summed E-state index contributed by atoms with van der Waals surface area (Å²) in [6, 6.07) is 6.15. The molecule has 0 spiro atoms. The van der Waals surface area contributed by atoms with Crippen LogP contribution in [-0.2, 0) is 20.8 Å². The summed E-state index contributed by atoms with van der Waals surface area (Å²) in [6.45, 7) is 5.69. The highest BCUT2D eigenvalue weighted by Gasteiger charge is 2.23. The zero-order valence-electron chi connectivity index (χ0n) is 17.3. The number of hydrogen-bond donors (Lipinski definition) is 0. The van der Waals surface area contributed by atoms with Gasteiger partial charge in [0, 0.05) is 23.8 Å². The van der Waals surface area contributed by atoms with Gasteiger partial charge in [0.1, 0.15) is 17.5 Å². The van der Waals surface area contributed by atoms with E-state index in [0.29, 0.717) is 33.0 Å². The molecule has 3 aromatic rings. The van der Waals surface area contributed by atoms with Crippen molar-refractivity contribution >= 4 is 10.9 Å². The van der Waals surface area contributed by atoms with Crippen molar-refractivity contribution in [1.82, 2.24) is 19.6 Å². The van der Waals surface area contributed by atoms with Gasteiger partial charge in [-0.3, -0.25) is 4.68 Å². The predicted octanol–water partition coefficient (Wildman–Crippen LogP) is 3.41. The van der Waals surface area contributed by atoms with E-state index in [1.54, 1.807) is 0 Å². The monoisotopic (exact) mass is 412 g/mol. The van der Waals surface area contributed by atoms with Crippen LogP contribution in [0.5, 0.6) is 5.75 Å². The summed E-state index contributed by atoms with van der Waals surface area (Å²) in [5.74, 6) is 0.805. The maximum atomic E-state index is 6.11. The van der Waals surface area contributed by atoms with Crippen molar-refractivity contribution in [2.24, 2.45) is 0 Å². The Labute approximate surface area is 175 Å². The van der Waals surface area contributed by atoms with Crippen LogP contribution in [0.15, 0.2) is 30.6 Å². The molecule has 30 heavy (non-hydrogen) atoms. The van der Waals surface area contributed by atoms with Gasteiger partial charge in [-0.2, -0.15) is 10.2 Å². The van der Waals surface area contributed by atoms with Gasteiger partial charge in [-0.25, -0.2) is 4.68 Å². The molecule has 160 valence electrons. The Kier molecular flexibility index (Phi) is 5.70. The summed E-state index contributed by atoms with van der Waals surface area (Å²) in [6.07, 6.45) is 7.03. The average molecular weight is 412 g/mol. The van der Waals surface area contributed by atoms with Gasteiger partial charge in [-0.05, 0) is 44.4 Å². The molecule has 0 radical (unpaired) electrons. The van der Waals surface area contributed by atoms with Gasteiger partial charge in [0.15, 0.2) is 6.23 Å². The molecule has 1 aromatic carbocycles. The van der Waals surface area contributed by atoms with Crippen molar-refractivity contribution in [1.29, 1.82) is 0 Å². The maximum absolute atomic E-state index is 6.11. The van der Waals surface area contributed by atoms with Crippen molar-refractivity contribution in [3.63, 3.8) is 0 Å². The maximum Gasteiger partial charge on any atom is 0.150 e. The van der Waals surface area contributed by atoms with Crippen molar-refractivity contribution in [2.75, 3.05) is 33.0 Å². The van der Waals surface area contributed by atoms with Gasteiger partial charge in [0.25, 0.3) is 0 Å². The number of rotatable bonds is 1. The molecule has 8 nitrogen and oxygen atoms in total. The third-order valence-corrected chi connectivity index (χ3v) is 5.54. The van der Waals surface area contributed by atoms with E-state index in [1.165, 1.54) is 0 Å². The molecule has 0 N–H and O–H groups in total. The number of ether oxygens (including phenoxy) is 4. The van der Waals surface area contributed by atoms with E-state index in [2.05, 4.69) is 17.2 Å². The molecule has 1 saturated heterocycles. The van der Waals surface area contributed by atoms with E-state index in [-0.39, 0.29) is 12.3 Å². The summed E-state index contributed by atoms with van der Waals surface area (Å²) in [4.78, 5) is 0. The summed E-state index contributed by atoms with van der Waals surface area (Å²) in [7, 11) is 0. The van der Waals surface area contributed by atoms with Crippen LogP contribution in [0.25, 0.3) is 22.2 Å². The van der Waals surface area contributed by atoms with Crippen LogP contribution in [0.4, 0.5) is 0 Å². The van der Waals surface area contributed by atoms with Crippen LogP contribution in [0.3, 0.4) is 0 Å². The van der Waals surface area contributed by atoms with E-state index in [1.807, 2.05) is 34.7 Å². The number of hydrogen-bond acceptors (Lipinski definition) is 6. The minimum Gasteiger partial charge on any atom is -0.488 e. The molecule has 2 aromatic heterocycles. The van der Waals surface area contributed by atoms with Crippen molar-refractivity contribution < 1.29 is 18.9 Å². The Balaban J connectivity index is 1.57. The molecule has 4 bridgehead atoms. The summed E-state index contributed by atoms with van der Waals surface area (Å²) >= 11 is 0. The first-order valence-electron chi connectivity index (χ1n) is 10.8. The molecular formula is C22H28N4O4. The fourth-order valence-electron chi connectivity index (χ4n) is 4.04. The first-order valence-corrected chi connectivity index (χ1v) is 10.8. The van der Waals surface area contributed by atoms with Gasteiger partial charge >= 0.3 is 0 Å². The van der Waals surface area contributed by atoms with Gasteiger partial charge in [0.2, 0.25) is 0 Å². The first-order chi connectivity index (χ1) is 14.8. The third kappa shape index (κ3) is 4.08. The number of fused-ring (bicyclic) bond motifs is 4. The normalized spacial score (nSPS) is 23.5. The molecular weight excluding hydrogens is 384 g/mol. The highest BCUT2D eigenvalue weighted by molar-refractivity contribution is 5.94. The second-order valence-electron chi connectivity index (χ2n) is 7.90. The zero-order chi connectivity index (χ0) is 20.3. The topological polar surface area (TPSA) is 72.6 Å². The highest BCUT2D eigenvalue weighted by atomic mass is 16.5. The lowest BCUT2D eigenvalue weighted by Gasteiger charge is -2.23. The standard InChI is InChI=1S/C22H28N4O4/c1-16-15-28-11-10-27-9-7-25-14-17(13-23-25)22-19-12-18(30-16)5-6-20(19)26(24-22)21-4-2-3-8-29-21/h5-6,12-14,16,21H,2-4,7-11,15H2,1H3/t16-,21?/m1/s1. The molecule has 4 heterocycles. The van der Waals surface area contributed by atoms with Crippen LogP contribution in [0.2, 0.25) is 0 Å².